The number of para-hydroxylation sites is 2. The van der Waals surface area contributed by atoms with Gasteiger partial charge in [0.2, 0.25) is 5.91 Å². The number of ether oxygens (including phenoxy) is 1. The number of amides is 1. The Morgan fingerprint density at radius 2 is 1.69 bits per heavy atom. The SMILES string of the molecule is CCOC(=O)c1ccccc1NC(=O)c1cn(C(C)=O)c2ccccc12. The molecular formula is C20H18N2O4. The lowest BCUT2D eigenvalue weighted by Crippen LogP contribution is -2.16. The number of hydrogen-bond acceptors (Lipinski definition) is 4. The zero-order valence-corrected chi connectivity index (χ0v) is 14.5. The van der Waals surface area contributed by atoms with E-state index in [1.54, 1.807) is 55.5 Å². The Morgan fingerprint density at radius 3 is 2.42 bits per heavy atom. The molecule has 1 amide bonds. The molecule has 26 heavy (non-hydrogen) atoms. The lowest BCUT2D eigenvalue weighted by molar-refractivity contribution is 0.0527. The van der Waals surface area contributed by atoms with Crippen molar-refractivity contribution in [3.05, 3.63) is 65.9 Å². The first-order valence-electron chi connectivity index (χ1n) is 8.21. The first-order chi connectivity index (χ1) is 12.5. The number of benzene rings is 2. The number of fused-ring (bicyclic) bond motifs is 1. The molecule has 0 fully saturated rings. The van der Waals surface area contributed by atoms with Crippen molar-refractivity contribution in [1.29, 1.82) is 0 Å². The van der Waals surface area contributed by atoms with Gasteiger partial charge in [0.1, 0.15) is 0 Å². The fraction of sp³-hybridized carbons (Fsp3) is 0.150. The number of carbonyl (C=O) groups is 3. The highest BCUT2D eigenvalue weighted by molar-refractivity contribution is 6.15. The normalized spacial score (nSPS) is 10.5. The molecule has 0 aliphatic rings. The van der Waals surface area contributed by atoms with E-state index in [0.717, 1.165) is 0 Å². The van der Waals surface area contributed by atoms with E-state index in [1.807, 2.05) is 0 Å². The van der Waals surface area contributed by atoms with Gasteiger partial charge in [0, 0.05) is 18.5 Å². The topological polar surface area (TPSA) is 77.4 Å². The van der Waals surface area contributed by atoms with Crippen LogP contribution in [0.5, 0.6) is 0 Å². The standard InChI is InChI=1S/C20H18N2O4/c1-3-26-20(25)15-9-4-6-10-17(15)21-19(24)16-12-22(13(2)23)18-11-7-5-8-14(16)18/h4-12H,3H2,1-2H3,(H,21,24). The lowest BCUT2D eigenvalue weighted by Gasteiger charge is -2.10. The Hall–Kier alpha value is -3.41. The van der Waals surface area contributed by atoms with Gasteiger partial charge in [-0.15, -0.1) is 0 Å². The minimum absolute atomic E-state index is 0.188. The van der Waals surface area contributed by atoms with Crippen molar-refractivity contribution in [3.63, 3.8) is 0 Å². The second-order valence-electron chi connectivity index (χ2n) is 5.67. The van der Waals surface area contributed by atoms with E-state index in [0.29, 0.717) is 22.2 Å². The second-order valence-corrected chi connectivity index (χ2v) is 5.67. The first kappa shape index (κ1) is 17.4. The molecule has 0 bridgehead atoms. The summed E-state index contributed by atoms with van der Waals surface area (Å²) in [6, 6.07) is 13.8. The number of rotatable bonds is 4. The minimum Gasteiger partial charge on any atom is -0.462 e. The van der Waals surface area contributed by atoms with Crippen molar-refractivity contribution in [3.8, 4) is 0 Å². The van der Waals surface area contributed by atoms with E-state index in [1.165, 1.54) is 17.7 Å². The van der Waals surface area contributed by atoms with Crippen LogP contribution in [0.25, 0.3) is 10.9 Å². The predicted octanol–water partition coefficient (Wildman–Crippen LogP) is 3.73. The Morgan fingerprint density at radius 1 is 1.00 bits per heavy atom. The molecule has 0 aliphatic heterocycles. The number of nitrogens with zero attached hydrogens (tertiary/aromatic N) is 1. The van der Waals surface area contributed by atoms with Crippen molar-refractivity contribution >= 4 is 34.4 Å². The third kappa shape index (κ3) is 3.21. The van der Waals surface area contributed by atoms with Crippen molar-refractivity contribution < 1.29 is 19.1 Å². The van der Waals surface area contributed by atoms with Crippen molar-refractivity contribution in [2.24, 2.45) is 0 Å². The Kier molecular flexibility index (Phi) is 4.84. The van der Waals surface area contributed by atoms with Crippen LogP contribution in [-0.2, 0) is 4.74 Å². The summed E-state index contributed by atoms with van der Waals surface area (Å²) in [6.07, 6.45) is 1.51. The molecule has 3 aromatic rings. The molecule has 0 saturated carbocycles. The van der Waals surface area contributed by atoms with Gasteiger partial charge >= 0.3 is 5.97 Å². The van der Waals surface area contributed by atoms with Crippen LogP contribution in [0.3, 0.4) is 0 Å². The van der Waals surface area contributed by atoms with Gasteiger partial charge in [-0.1, -0.05) is 30.3 Å². The van der Waals surface area contributed by atoms with E-state index in [-0.39, 0.29) is 18.1 Å². The van der Waals surface area contributed by atoms with E-state index in [4.69, 9.17) is 4.74 Å². The van der Waals surface area contributed by atoms with Gasteiger partial charge in [0.05, 0.1) is 28.9 Å². The average Bonchev–Trinajstić information content (AvgIpc) is 3.02. The van der Waals surface area contributed by atoms with E-state index >= 15 is 0 Å². The molecule has 0 atom stereocenters. The zero-order valence-electron chi connectivity index (χ0n) is 14.5. The van der Waals surface area contributed by atoms with Gasteiger partial charge in [-0.2, -0.15) is 0 Å². The molecule has 0 spiro atoms. The molecule has 1 aromatic heterocycles. The van der Waals surface area contributed by atoms with E-state index < -0.39 is 11.9 Å². The number of nitrogens with one attached hydrogen (secondary N) is 1. The quantitative estimate of drug-likeness (QED) is 0.727. The van der Waals surface area contributed by atoms with Crippen LogP contribution in [0.4, 0.5) is 5.69 Å². The van der Waals surface area contributed by atoms with Crippen LogP contribution in [0.15, 0.2) is 54.7 Å². The Labute approximate surface area is 150 Å². The fourth-order valence-corrected chi connectivity index (χ4v) is 2.79. The third-order valence-electron chi connectivity index (χ3n) is 3.97. The van der Waals surface area contributed by atoms with Crippen LogP contribution < -0.4 is 5.32 Å². The highest BCUT2D eigenvalue weighted by Crippen LogP contribution is 2.24. The van der Waals surface area contributed by atoms with Crippen LogP contribution in [0.1, 0.15) is 39.4 Å². The number of aromatic nitrogens is 1. The summed E-state index contributed by atoms with van der Waals surface area (Å²) in [5, 5.41) is 3.41. The Bertz CT molecular complexity index is 1000. The highest BCUT2D eigenvalue weighted by atomic mass is 16.5. The highest BCUT2D eigenvalue weighted by Gasteiger charge is 2.19. The van der Waals surface area contributed by atoms with Gasteiger partial charge in [-0.25, -0.2) is 4.79 Å². The second kappa shape index (κ2) is 7.23. The van der Waals surface area contributed by atoms with Gasteiger partial charge in [-0.3, -0.25) is 14.2 Å². The maximum absolute atomic E-state index is 12.8. The summed E-state index contributed by atoms with van der Waals surface area (Å²) in [7, 11) is 0. The molecule has 1 N–H and O–H groups in total. The van der Waals surface area contributed by atoms with Crippen LogP contribution in [0.2, 0.25) is 0 Å². The van der Waals surface area contributed by atoms with Gasteiger partial charge in [0.15, 0.2) is 0 Å². The summed E-state index contributed by atoms with van der Waals surface area (Å²) in [5.41, 5.74) is 1.65. The molecule has 6 nitrogen and oxygen atoms in total. The molecule has 0 radical (unpaired) electrons. The zero-order chi connectivity index (χ0) is 18.7. The molecule has 1 heterocycles. The summed E-state index contributed by atoms with van der Waals surface area (Å²) in [4.78, 5) is 36.7. The van der Waals surface area contributed by atoms with Gasteiger partial charge in [0.25, 0.3) is 5.91 Å². The molecule has 2 aromatic carbocycles. The monoisotopic (exact) mass is 350 g/mol. The molecule has 0 aliphatic carbocycles. The summed E-state index contributed by atoms with van der Waals surface area (Å²) in [6.45, 7) is 3.40. The number of esters is 1. The fourth-order valence-electron chi connectivity index (χ4n) is 2.79. The maximum Gasteiger partial charge on any atom is 0.340 e. The number of hydrogen-bond donors (Lipinski definition) is 1. The largest absolute Gasteiger partial charge is 0.462 e. The van der Waals surface area contributed by atoms with Crippen LogP contribution in [-0.4, -0.2) is 29.0 Å². The van der Waals surface area contributed by atoms with E-state index in [9.17, 15) is 14.4 Å². The summed E-state index contributed by atoms with van der Waals surface area (Å²) < 4.78 is 6.45. The van der Waals surface area contributed by atoms with Crippen molar-refractivity contribution in [2.75, 3.05) is 11.9 Å². The van der Waals surface area contributed by atoms with Gasteiger partial charge in [-0.05, 0) is 25.1 Å². The molecule has 6 heteroatoms. The van der Waals surface area contributed by atoms with Crippen molar-refractivity contribution in [2.45, 2.75) is 13.8 Å². The van der Waals surface area contributed by atoms with Crippen LogP contribution >= 0.6 is 0 Å². The average molecular weight is 350 g/mol. The molecular weight excluding hydrogens is 332 g/mol. The molecule has 3 rings (SSSR count). The molecule has 0 unspecified atom stereocenters. The third-order valence-corrected chi connectivity index (χ3v) is 3.97. The number of anilines is 1. The predicted molar refractivity (Wildman–Crippen MR) is 98.6 cm³/mol. The summed E-state index contributed by atoms with van der Waals surface area (Å²) in [5.74, 6) is -1.10. The van der Waals surface area contributed by atoms with Crippen LogP contribution in [0, 0.1) is 0 Å². The lowest BCUT2D eigenvalue weighted by atomic mass is 10.1. The first-order valence-corrected chi connectivity index (χ1v) is 8.21. The minimum atomic E-state index is -0.505. The Balaban J connectivity index is 1.99. The summed E-state index contributed by atoms with van der Waals surface area (Å²) >= 11 is 0. The van der Waals surface area contributed by atoms with Crippen molar-refractivity contribution in [1.82, 2.24) is 4.57 Å². The smallest absolute Gasteiger partial charge is 0.340 e. The maximum atomic E-state index is 12.8. The molecule has 132 valence electrons. The molecule has 0 saturated heterocycles. The van der Waals surface area contributed by atoms with E-state index in [2.05, 4.69) is 5.32 Å². The van der Waals surface area contributed by atoms with Gasteiger partial charge < -0.3 is 10.1 Å². The number of carbonyl (C=O) groups excluding carboxylic acids is 3.